The highest BCUT2D eigenvalue weighted by Gasteiger charge is 2.10. The molecule has 4 nitrogen and oxygen atoms in total. The zero-order valence-electron chi connectivity index (χ0n) is 14.6. The molecule has 0 saturated carbocycles. The average molecular weight is 334 g/mol. The molecule has 128 valence electrons. The Balaban J connectivity index is 1.86. The van der Waals surface area contributed by atoms with Gasteiger partial charge in [-0.2, -0.15) is 5.26 Å². The molecule has 0 atom stereocenters. The van der Waals surface area contributed by atoms with Gasteiger partial charge in [0, 0.05) is 24.1 Å². The van der Waals surface area contributed by atoms with Gasteiger partial charge >= 0.3 is 0 Å². The number of rotatable bonds is 7. The Morgan fingerprint density at radius 2 is 1.80 bits per heavy atom. The molecule has 2 aromatic carbocycles. The molecule has 0 aliphatic carbocycles. The van der Waals surface area contributed by atoms with Crippen molar-refractivity contribution < 1.29 is 9.59 Å². The van der Waals surface area contributed by atoms with Gasteiger partial charge in [0.1, 0.15) is 0 Å². The quantitative estimate of drug-likeness (QED) is 0.765. The first kappa shape index (κ1) is 18.4. The number of nitrogens with one attached hydrogen (secondary N) is 1. The number of hydrogen-bond acceptors (Lipinski definition) is 3. The fourth-order valence-corrected chi connectivity index (χ4v) is 2.56. The Morgan fingerprint density at radius 1 is 1.08 bits per heavy atom. The molecular weight excluding hydrogens is 312 g/mol. The van der Waals surface area contributed by atoms with E-state index in [0.717, 1.165) is 6.42 Å². The summed E-state index contributed by atoms with van der Waals surface area (Å²) in [6, 6.07) is 16.3. The zero-order chi connectivity index (χ0) is 18.2. The number of hydrogen-bond donors (Lipinski definition) is 1. The SMILES string of the molecule is CC(C)Cc1ccc(C(=O)CCC(=O)Nc2cccc(C#N)c2)cc1. The third-order valence-electron chi connectivity index (χ3n) is 3.77. The molecule has 0 bridgehead atoms. The third-order valence-corrected chi connectivity index (χ3v) is 3.77. The number of ketones is 1. The minimum Gasteiger partial charge on any atom is -0.326 e. The number of carbonyl (C=O) groups excluding carboxylic acids is 2. The lowest BCUT2D eigenvalue weighted by Gasteiger charge is -2.07. The van der Waals surface area contributed by atoms with Crippen LogP contribution in [0.4, 0.5) is 5.69 Å². The molecule has 4 heteroatoms. The highest BCUT2D eigenvalue weighted by atomic mass is 16.2. The maximum Gasteiger partial charge on any atom is 0.224 e. The summed E-state index contributed by atoms with van der Waals surface area (Å²) in [5.41, 5.74) is 2.89. The first-order chi connectivity index (χ1) is 12.0. The average Bonchev–Trinajstić information content (AvgIpc) is 2.60. The summed E-state index contributed by atoms with van der Waals surface area (Å²) in [5.74, 6) is 0.293. The second kappa shape index (κ2) is 8.79. The molecule has 0 spiro atoms. The van der Waals surface area contributed by atoms with Crippen LogP contribution in [0.5, 0.6) is 0 Å². The Bertz CT molecular complexity index is 786. The maximum atomic E-state index is 12.2. The molecule has 2 aromatic rings. The Morgan fingerprint density at radius 3 is 2.44 bits per heavy atom. The predicted octanol–water partition coefficient (Wildman–Crippen LogP) is 4.36. The van der Waals surface area contributed by atoms with Crippen LogP contribution in [0.25, 0.3) is 0 Å². The Labute approximate surface area is 148 Å². The van der Waals surface area contributed by atoms with Gasteiger partial charge < -0.3 is 5.32 Å². The van der Waals surface area contributed by atoms with E-state index in [1.54, 1.807) is 24.3 Å². The van der Waals surface area contributed by atoms with Crippen molar-refractivity contribution in [2.45, 2.75) is 33.1 Å². The normalized spacial score (nSPS) is 10.3. The summed E-state index contributed by atoms with van der Waals surface area (Å²) >= 11 is 0. The van der Waals surface area contributed by atoms with Crippen LogP contribution in [-0.2, 0) is 11.2 Å². The summed E-state index contributed by atoms with van der Waals surface area (Å²) in [4.78, 5) is 24.2. The van der Waals surface area contributed by atoms with Crippen molar-refractivity contribution in [3.05, 3.63) is 65.2 Å². The lowest BCUT2D eigenvalue weighted by Crippen LogP contribution is -2.13. The smallest absolute Gasteiger partial charge is 0.224 e. The van der Waals surface area contributed by atoms with E-state index in [0.29, 0.717) is 22.7 Å². The van der Waals surface area contributed by atoms with E-state index < -0.39 is 0 Å². The second-order valence-corrected chi connectivity index (χ2v) is 6.46. The molecule has 0 heterocycles. The second-order valence-electron chi connectivity index (χ2n) is 6.46. The molecule has 0 radical (unpaired) electrons. The van der Waals surface area contributed by atoms with Crippen molar-refractivity contribution >= 4 is 17.4 Å². The van der Waals surface area contributed by atoms with Gasteiger partial charge in [0.15, 0.2) is 5.78 Å². The predicted molar refractivity (Wildman–Crippen MR) is 98.3 cm³/mol. The summed E-state index contributed by atoms with van der Waals surface area (Å²) < 4.78 is 0. The van der Waals surface area contributed by atoms with Crippen molar-refractivity contribution in [3.63, 3.8) is 0 Å². The Hall–Kier alpha value is -2.93. The molecule has 2 rings (SSSR count). The highest BCUT2D eigenvalue weighted by molar-refractivity contribution is 6.00. The monoisotopic (exact) mass is 334 g/mol. The van der Waals surface area contributed by atoms with Crippen LogP contribution in [0.2, 0.25) is 0 Å². The summed E-state index contributed by atoms with van der Waals surface area (Å²) in [5, 5.41) is 11.6. The van der Waals surface area contributed by atoms with Gasteiger partial charge in [-0.25, -0.2) is 0 Å². The molecule has 0 saturated heterocycles. The van der Waals surface area contributed by atoms with E-state index in [4.69, 9.17) is 5.26 Å². The van der Waals surface area contributed by atoms with E-state index in [9.17, 15) is 9.59 Å². The Kier molecular flexibility index (Phi) is 6.47. The molecule has 0 aliphatic heterocycles. The lowest BCUT2D eigenvalue weighted by atomic mass is 9.99. The largest absolute Gasteiger partial charge is 0.326 e. The molecule has 0 fully saturated rings. The van der Waals surface area contributed by atoms with Gasteiger partial charge in [0.05, 0.1) is 11.6 Å². The minimum atomic E-state index is -0.236. The van der Waals surface area contributed by atoms with Crippen LogP contribution in [0.1, 0.15) is 48.2 Å². The van der Waals surface area contributed by atoms with Crippen molar-refractivity contribution in [1.29, 1.82) is 5.26 Å². The number of amides is 1. The van der Waals surface area contributed by atoms with Crippen LogP contribution in [-0.4, -0.2) is 11.7 Å². The molecule has 1 N–H and O–H groups in total. The maximum absolute atomic E-state index is 12.2. The number of carbonyl (C=O) groups is 2. The molecular formula is C21H22N2O2. The van der Waals surface area contributed by atoms with E-state index in [2.05, 4.69) is 19.2 Å². The highest BCUT2D eigenvalue weighted by Crippen LogP contribution is 2.13. The van der Waals surface area contributed by atoms with Crippen LogP contribution in [0, 0.1) is 17.2 Å². The van der Waals surface area contributed by atoms with Gasteiger partial charge in [-0.1, -0.05) is 44.2 Å². The summed E-state index contributed by atoms with van der Waals surface area (Å²) in [6.45, 7) is 4.31. The van der Waals surface area contributed by atoms with Crippen LogP contribution in [0.3, 0.4) is 0 Å². The number of benzene rings is 2. The van der Waals surface area contributed by atoms with Crippen molar-refractivity contribution in [2.24, 2.45) is 5.92 Å². The standard InChI is InChI=1S/C21H22N2O2/c1-15(2)12-16-6-8-18(9-7-16)20(24)10-11-21(25)23-19-5-3-4-17(13-19)14-22/h3-9,13,15H,10-12H2,1-2H3,(H,23,25). The number of nitriles is 1. The van der Waals surface area contributed by atoms with Crippen molar-refractivity contribution in [3.8, 4) is 6.07 Å². The van der Waals surface area contributed by atoms with E-state index >= 15 is 0 Å². The number of anilines is 1. The number of nitrogens with zero attached hydrogens (tertiary/aromatic N) is 1. The van der Waals surface area contributed by atoms with Gasteiger partial charge in [-0.15, -0.1) is 0 Å². The van der Waals surface area contributed by atoms with E-state index in [1.165, 1.54) is 5.56 Å². The van der Waals surface area contributed by atoms with Crippen LogP contribution < -0.4 is 5.32 Å². The van der Waals surface area contributed by atoms with Crippen LogP contribution >= 0.6 is 0 Å². The third kappa shape index (κ3) is 5.89. The van der Waals surface area contributed by atoms with Gasteiger partial charge in [-0.05, 0) is 36.1 Å². The summed E-state index contributed by atoms with van der Waals surface area (Å²) in [7, 11) is 0. The zero-order valence-corrected chi connectivity index (χ0v) is 14.6. The fourth-order valence-electron chi connectivity index (χ4n) is 2.56. The molecule has 1 amide bonds. The fraction of sp³-hybridized carbons (Fsp3) is 0.286. The molecule has 0 aliphatic rings. The molecule has 25 heavy (non-hydrogen) atoms. The lowest BCUT2D eigenvalue weighted by molar-refractivity contribution is -0.116. The first-order valence-corrected chi connectivity index (χ1v) is 8.40. The van der Waals surface area contributed by atoms with Crippen LogP contribution in [0.15, 0.2) is 48.5 Å². The topological polar surface area (TPSA) is 70.0 Å². The van der Waals surface area contributed by atoms with E-state index in [-0.39, 0.29) is 24.5 Å². The van der Waals surface area contributed by atoms with Crippen molar-refractivity contribution in [2.75, 3.05) is 5.32 Å². The van der Waals surface area contributed by atoms with Gasteiger partial charge in [0.25, 0.3) is 0 Å². The molecule has 0 aromatic heterocycles. The minimum absolute atomic E-state index is 0.0444. The van der Waals surface area contributed by atoms with Crippen molar-refractivity contribution in [1.82, 2.24) is 0 Å². The van der Waals surface area contributed by atoms with E-state index in [1.807, 2.05) is 30.3 Å². The molecule has 0 unspecified atom stereocenters. The summed E-state index contributed by atoms with van der Waals surface area (Å²) in [6.07, 6.45) is 1.26. The first-order valence-electron chi connectivity index (χ1n) is 8.40. The number of Topliss-reactive ketones (excluding diaryl/α,β-unsaturated/α-hetero) is 1. The van der Waals surface area contributed by atoms with Gasteiger partial charge in [0.2, 0.25) is 5.91 Å². The van der Waals surface area contributed by atoms with Gasteiger partial charge in [-0.3, -0.25) is 9.59 Å².